The van der Waals surface area contributed by atoms with Crippen molar-refractivity contribution in [1.29, 1.82) is 0 Å². The van der Waals surface area contributed by atoms with E-state index in [1.807, 2.05) is 13.0 Å². The number of benzene rings is 1. The highest BCUT2D eigenvalue weighted by Gasteiger charge is 2.26. The zero-order valence-electron chi connectivity index (χ0n) is 14.6. The van der Waals surface area contributed by atoms with Crippen LogP contribution in [0.4, 0.5) is 5.69 Å². The highest BCUT2D eigenvalue weighted by molar-refractivity contribution is 5.84. The number of fused-ring (bicyclic) bond motifs is 1. The Hall–Kier alpha value is -1.81. The van der Waals surface area contributed by atoms with Gasteiger partial charge in [0.15, 0.2) is 0 Å². The molecule has 2 fully saturated rings. The van der Waals surface area contributed by atoms with Gasteiger partial charge in [0.25, 0.3) is 5.56 Å². The first-order valence-corrected chi connectivity index (χ1v) is 9.34. The summed E-state index contributed by atoms with van der Waals surface area (Å²) in [4.78, 5) is 20.6. The van der Waals surface area contributed by atoms with Crippen molar-refractivity contribution in [1.82, 2.24) is 9.88 Å². The van der Waals surface area contributed by atoms with E-state index < -0.39 is 0 Å². The Balaban J connectivity index is 1.52. The molecule has 4 nitrogen and oxygen atoms in total. The fourth-order valence-corrected chi connectivity index (χ4v) is 4.38. The van der Waals surface area contributed by atoms with Crippen molar-refractivity contribution in [2.75, 3.05) is 31.1 Å². The Kier molecular flexibility index (Phi) is 4.31. The van der Waals surface area contributed by atoms with Crippen LogP contribution in [0.5, 0.6) is 0 Å². The number of anilines is 1. The first-order valence-electron chi connectivity index (χ1n) is 9.34. The molecule has 1 N–H and O–H groups in total. The molecule has 0 unspecified atom stereocenters. The van der Waals surface area contributed by atoms with Gasteiger partial charge in [-0.2, -0.15) is 0 Å². The second kappa shape index (κ2) is 6.60. The molecule has 0 amide bonds. The van der Waals surface area contributed by atoms with E-state index >= 15 is 0 Å². The van der Waals surface area contributed by atoms with Crippen molar-refractivity contribution in [2.45, 2.75) is 45.1 Å². The topological polar surface area (TPSA) is 39.3 Å². The molecule has 1 aromatic heterocycles. The van der Waals surface area contributed by atoms with Crippen LogP contribution in [0.1, 0.15) is 37.7 Å². The molecule has 2 heterocycles. The van der Waals surface area contributed by atoms with Crippen LogP contribution in [-0.2, 0) is 0 Å². The van der Waals surface area contributed by atoms with Crippen molar-refractivity contribution >= 4 is 16.6 Å². The number of H-pyrrole nitrogens is 1. The van der Waals surface area contributed by atoms with Gasteiger partial charge >= 0.3 is 0 Å². The van der Waals surface area contributed by atoms with Gasteiger partial charge in [-0.15, -0.1) is 0 Å². The smallest absolute Gasteiger partial charge is 0.271 e. The van der Waals surface area contributed by atoms with Crippen LogP contribution in [0.25, 0.3) is 10.9 Å². The standard InChI is InChI=1S/C20H27N3O/c1-15-6-5-7-16-14-18(20(24)21-19(15)16)23-12-10-22(11-13-23)17-8-3-2-4-9-17/h5-7,14,17H,2-4,8-13H2,1H3,(H,21,24). The lowest BCUT2D eigenvalue weighted by Crippen LogP contribution is -2.51. The molecule has 128 valence electrons. The summed E-state index contributed by atoms with van der Waals surface area (Å²) in [5.41, 5.74) is 2.96. The van der Waals surface area contributed by atoms with Gasteiger partial charge in [0, 0.05) is 37.6 Å². The first-order chi connectivity index (χ1) is 11.7. The lowest BCUT2D eigenvalue weighted by atomic mass is 9.94. The number of hydrogen-bond donors (Lipinski definition) is 1. The monoisotopic (exact) mass is 325 g/mol. The van der Waals surface area contributed by atoms with Crippen molar-refractivity contribution in [2.24, 2.45) is 0 Å². The summed E-state index contributed by atoms with van der Waals surface area (Å²) in [7, 11) is 0. The molecule has 2 aromatic rings. The molecule has 1 aromatic carbocycles. The zero-order chi connectivity index (χ0) is 16.5. The second-order valence-electron chi connectivity index (χ2n) is 7.34. The Morgan fingerprint density at radius 2 is 1.79 bits per heavy atom. The molecule has 0 spiro atoms. The molecule has 4 rings (SSSR count). The summed E-state index contributed by atoms with van der Waals surface area (Å²) < 4.78 is 0. The van der Waals surface area contributed by atoms with E-state index in [2.05, 4.69) is 33.0 Å². The average molecular weight is 325 g/mol. The van der Waals surface area contributed by atoms with Gasteiger partial charge in [-0.05, 0) is 31.4 Å². The van der Waals surface area contributed by atoms with E-state index in [9.17, 15) is 4.79 Å². The molecule has 4 heteroatoms. The Morgan fingerprint density at radius 3 is 2.54 bits per heavy atom. The van der Waals surface area contributed by atoms with Crippen molar-refractivity contribution in [3.05, 3.63) is 40.2 Å². The van der Waals surface area contributed by atoms with Crippen LogP contribution in [0.2, 0.25) is 0 Å². The first kappa shape index (κ1) is 15.7. The van der Waals surface area contributed by atoms with E-state index in [-0.39, 0.29) is 5.56 Å². The molecule has 0 radical (unpaired) electrons. The lowest BCUT2D eigenvalue weighted by Gasteiger charge is -2.41. The number of nitrogens with one attached hydrogen (secondary N) is 1. The minimum absolute atomic E-state index is 0.0444. The minimum Gasteiger partial charge on any atom is -0.365 e. The van der Waals surface area contributed by atoms with Crippen LogP contribution < -0.4 is 10.5 Å². The summed E-state index contributed by atoms with van der Waals surface area (Å²) in [6.07, 6.45) is 6.89. The summed E-state index contributed by atoms with van der Waals surface area (Å²) in [5, 5.41) is 1.12. The SMILES string of the molecule is Cc1cccc2cc(N3CCN(C4CCCCC4)CC3)c(=O)[nH]c12. The summed E-state index contributed by atoms with van der Waals surface area (Å²) in [5.74, 6) is 0. The maximum absolute atomic E-state index is 12.6. The molecular weight excluding hydrogens is 298 g/mol. The van der Waals surface area contributed by atoms with Gasteiger partial charge in [-0.25, -0.2) is 0 Å². The van der Waals surface area contributed by atoms with Crippen LogP contribution in [0.15, 0.2) is 29.1 Å². The Morgan fingerprint density at radius 1 is 1.04 bits per heavy atom. The Labute approximate surface area is 143 Å². The van der Waals surface area contributed by atoms with Gasteiger partial charge in [0.1, 0.15) is 5.69 Å². The van der Waals surface area contributed by atoms with Crippen LogP contribution >= 0.6 is 0 Å². The average Bonchev–Trinajstić information content (AvgIpc) is 2.63. The van der Waals surface area contributed by atoms with Crippen molar-refractivity contribution in [3.8, 4) is 0 Å². The van der Waals surface area contributed by atoms with Gasteiger partial charge in [0.2, 0.25) is 0 Å². The van der Waals surface area contributed by atoms with E-state index in [0.717, 1.165) is 54.4 Å². The maximum Gasteiger partial charge on any atom is 0.271 e. The number of aromatic nitrogens is 1. The van der Waals surface area contributed by atoms with Crippen LogP contribution in [0, 0.1) is 6.92 Å². The number of nitrogens with zero attached hydrogens (tertiary/aromatic N) is 2. The zero-order valence-corrected chi connectivity index (χ0v) is 14.6. The van der Waals surface area contributed by atoms with Gasteiger partial charge in [-0.1, -0.05) is 37.5 Å². The van der Waals surface area contributed by atoms with E-state index in [0.29, 0.717) is 0 Å². The number of para-hydroxylation sites is 1. The normalized spacial score (nSPS) is 20.6. The summed E-state index contributed by atoms with van der Waals surface area (Å²) in [6, 6.07) is 9.03. The van der Waals surface area contributed by atoms with Crippen LogP contribution in [0.3, 0.4) is 0 Å². The number of pyridine rings is 1. The van der Waals surface area contributed by atoms with Crippen molar-refractivity contribution in [3.63, 3.8) is 0 Å². The third-order valence-corrected chi connectivity index (χ3v) is 5.81. The third-order valence-electron chi connectivity index (χ3n) is 5.81. The molecule has 1 saturated carbocycles. The van der Waals surface area contributed by atoms with E-state index in [4.69, 9.17) is 0 Å². The molecule has 0 atom stereocenters. The number of hydrogen-bond acceptors (Lipinski definition) is 3. The van der Waals surface area contributed by atoms with Crippen LogP contribution in [-0.4, -0.2) is 42.1 Å². The third kappa shape index (κ3) is 2.95. The highest BCUT2D eigenvalue weighted by atomic mass is 16.1. The number of piperazine rings is 1. The minimum atomic E-state index is 0.0444. The maximum atomic E-state index is 12.6. The number of aromatic amines is 1. The predicted octanol–water partition coefficient (Wildman–Crippen LogP) is 3.29. The molecule has 1 aliphatic heterocycles. The quantitative estimate of drug-likeness (QED) is 0.921. The number of rotatable bonds is 2. The molecule has 24 heavy (non-hydrogen) atoms. The van der Waals surface area contributed by atoms with Gasteiger partial charge < -0.3 is 9.88 Å². The van der Waals surface area contributed by atoms with Crippen molar-refractivity contribution < 1.29 is 0 Å². The van der Waals surface area contributed by atoms with Gasteiger partial charge in [0.05, 0.1) is 5.52 Å². The molecule has 2 aliphatic rings. The fraction of sp³-hybridized carbons (Fsp3) is 0.550. The second-order valence-corrected chi connectivity index (χ2v) is 7.34. The molecular formula is C20H27N3O. The Bertz CT molecular complexity index is 768. The highest BCUT2D eigenvalue weighted by Crippen LogP contribution is 2.25. The van der Waals surface area contributed by atoms with E-state index in [1.54, 1.807) is 0 Å². The molecule has 0 bridgehead atoms. The lowest BCUT2D eigenvalue weighted by molar-refractivity contribution is 0.148. The fourth-order valence-electron chi connectivity index (χ4n) is 4.38. The van der Waals surface area contributed by atoms with E-state index in [1.165, 1.54) is 32.1 Å². The van der Waals surface area contributed by atoms with Gasteiger partial charge in [-0.3, -0.25) is 9.69 Å². The molecule has 1 saturated heterocycles. The summed E-state index contributed by atoms with van der Waals surface area (Å²) in [6.45, 7) is 6.11. The predicted molar refractivity (Wildman–Crippen MR) is 100.0 cm³/mol. The summed E-state index contributed by atoms with van der Waals surface area (Å²) >= 11 is 0. The number of aryl methyl sites for hydroxylation is 1. The largest absolute Gasteiger partial charge is 0.365 e. The molecule has 1 aliphatic carbocycles.